The summed E-state index contributed by atoms with van der Waals surface area (Å²) in [4.78, 5) is 23.5. The standard InChI is InChI=1S/C17H20O6/c1-11(16(19)21-2)14-9-8-13(18)15(23-14)10-22-17(20)12-6-4-3-5-7-12/h3-9,11,13-15,18H,10H2,1-2H3/t11-,13+,14+,15-/m1/s1. The monoisotopic (exact) mass is 320 g/mol. The zero-order chi connectivity index (χ0) is 16.8. The van der Waals surface area contributed by atoms with Crippen molar-refractivity contribution in [2.45, 2.75) is 25.2 Å². The summed E-state index contributed by atoms with van der Waals surface area (Å²) in [6, 6.07) is 8.55. The molecule has 1 aliphatic heterocycles. The lowest BCUT2D eigenvalue weighted by molar-refractivity contribution is -0.154. The van der Waals surface area contributed by atoms with Crippen LogP contribution in [0.5, 0.6) is 0 Å². The van der Waals surface area contributed by atoms with Crippen molar-refractivity contribution in [1.29, 1.82) is 0 Å². The topological polar surface area (TPSA) is 82.1 Å². The Morgan fingerprint density at radius 3 is 2.61 bits per heavy atom. The molecule has 6 nitrogen and oxygen atoms in total. The highest BCUT2D eigenvalue weighted by molar-refractivity contribution is 5.89. The molecule has 4 atom stereocenters. The molecule has 0 aliphatic carbocycles. The van der Waals surface area contributed by atoms with Crippen LogP contribution in [0.1, 0.15) is 17.3 Å². The average Bonchev–Trinajstić information content (AvgIpc) is 2.60. The molecule has 0 radical (unpaired) electrons. The smallest absolute Gasteiger partial charge is 0.338 e. The molecule has 6 heteroatoms. The number of aliphatic hydroxyl groups excluding tert-OH is 1. The molecule has 124 valence electrons. The minimum atomic E-state index is -0.903. The molecule has 2 rings (SSSR count). The van der Waals surface area contributed by atoms with E-state index < -0.39 is 36.2 Å². The van der Waals surface area contributed by atoms with E-state index in [2.05, 4.69) is 4.74 Å². The van der Waals surface area contributed by atoms with E-state index in [0.717, 1.165) is 0 Å². The molecule has 1 heterocycles. The minimum Gasteiger partial charge on any atom is -0.469 e. The number of rotatable bonds is 5. The van der Waals surface area contributed by atoms with E-state index in [0.29, 0.717) is 5.56 Å². The zero-order valence-electron chi connectivity index (χ0n) is 13.0. The third-order valence-electron chi connectivity index (χ3n) is 3.66. The Morgan fingerprint density at radius 2 is 1.96 bits per heavy atom. The first kappa shape index (κ1) is 17.2. The lowest BCUT2D eigenvalue weighted by Gasteiger charge is -2.31. The Labute approximate surface area is 134 Å². The summed E-state index contributed by atoms with van der Waals surface area (Å²) in [5, 5.41) is 9.93. The van der Waals surface area contributed by atoms with E-state index in [9.17, 15) is 14.7 Å². The number of benzene rings is 1. The molecular weight excluding hydrogens is 300 g/mol. The van der Waals surface area contributed by atoms with Gasteiger partial charge in [-0.25, -0.2) is 4.79 Å². The van der Waals surface area contributed by atoms with Crippen LogP contribution in [0.2, 0.25) is 0 Å². The second kappa shape index (κ2) is 7.89. The number of hydrogen-bond donors (Lipinski definition) is 1. The van der Waals surface area contributed by atoms with Gasteiger partial charge in [0.1, 0.15) is 18.8 Å². The molecule has 0 amide bonds. The Bertz CT molecular complexity index is 568. The van der Waals surface area contributed by atoms with Crippen LogP contribution in [0.15, 0.2) is 42.5 Å². The second-order valence-corrected chi connectivity index (χ2v) is 5.29. The van der Waals surface area contributed by atoms with Gasteiger partial charge in [-0.3, -0.25) is 4.79 Å². The van der Waals surface area contributed by atoms with Crippen molar-refractivity contribution < 1.29 is 28.9 Å². The van der Waals surface area contributed by atoms with E-state index in [1.54, 1.807) is 43.3 Å². The molecule has 1 aliphatic rings. The van der Waals surface area contributed by atoms with E-state index >= 15 is 0 Å². The third kappa shape index (κ3) is 4.40. The van der Waals surface area contributed by atoms with Crippen LogP contribution < -0.4 is 0 Å². The van der Waals surface area contributed by atoms with Crippen molar-refractivity contribution in [2.75, 3.05) is 13.7 Å². The Morgan fingerprint density at radius 1 is 1.26 bits per heavy atom. The van der Waals surface area contributed by atoms with Gasteiger partial charge in [0, 0.05) is 0 Å². The molecule has 23 heavy (non-hydrogen) atoms. The lowest BCUT2D eigenvalue weighted by atomic mass is 10.00. The van der Waals surface area contributed by atoms with Crippen LogP contribution in [0.3, 0.4) is 0 Å². The van der Waals surface area contributed by atoms with Crippen molar-refractivity contribution in [2.24, 2.45) is 5.92 Å². The minimum absolute atomic E-state index is 0.108. The molecular formula is C17H20O6. The van der Waals surface area contributed by atoms with Gasteiger partial charge in [0.2, 0.25) is 0 Å². The van der Waals surface area contributed by atoms with Crippen LogP contribution in [-0.2, 0) is 19.0 Å². The first-order valence-electron chi connectivity index (χ1n) is 7.34. The molecule has 0 saturated heterocycles. The molecule has 1 N–H and O–H groups in total. The van der Waals surface area contributed by atoms with Gasteiger partial charge < -0.3 is 19.3 Å². The maximum absolute atomic E-state index is 11.9. The summed E-state index contributed by atoms with van der Waals surface area (Å²) in [7, 11) is 1.30. The molecule has 0 saturated carbocycles. The summed E-state index contributed by atoms with van der Waals surface area (Å²) in [5.74, 6) is -1.42. The number of methoxy groups -OCH3 is 1. The van der Waals surface area contributed by atoms with Crippen molar-refractivity contribution in [3.63, 3.8) is 0 Å². The summed E-state index contributed by atoms with van der Waals surface area (Å²) >= 11 is 0. The fourth-order valence-electron chi connectivity index (χ4n) is 2.23. The van der Waals surface area contributed by atoms with Gasteiger partial charge >= 0.3 is 11.9 Å². The maximum Gasteiger partial charge on any atom is 0.338 e. The Balaban J connectivity index is 1.93. The van der Waals surface area contributed by atoms with Crippen LogP contribution in [0.4, 0.5) is 0 Å². The number of aliphatic hydroxyl groups is 1. The van der Waals surface area contributed by atoms with Gasteiger partial charge in [0.05, 0.1) is 24.7 Å². The number of ether oxygens (including phenoxy) is 3. The van der Waals surface area contributed by atoms with E-state index in [-0.39, 0.29) is 6.61 Å². The molecule has 0 aromatic heterocycles. The Hall–Kier alpha value is -2.18. The highest BCUT2D eigenvalue weighted by atomic mass is 16.6. The third-order valence-corrected chi connectivity index (χ3v) is 3.66. The lowest BCUT2D eigenvalue weighted by Crippen LogP contribution is -2.42. The van der Waals surface area contributed by atoms with Crippen LogP contribution >= 0.6 is 0 Å². The first-order chi connectivity index (χ1) is 11.0. The summed E-state index contributed by atoms with van der Waals surface area (Å²) < 4.78 is 15.5. The highest BCUT2D eigenvalue weighted by Crippen LogP contribution is 2.20. The van der Waals surface area contributed by atoms with E-state index in [4.69, 9.17) is 9.47 Å². The quantitative estimate of drug-likeness (QED) is 0.651. The van der Waals surface area contributed by atoms with E-state index in [1.165, 1.54) is 13.2 Å². The largest absolute Gasteiger partial charge is 0.469 e. The predicted molar refractivity (Wildman–Crippen MR) is 81.7 cm³/mol. The van der Waals surface area contributed by atoms with Gasteiger partial charge in [0.15, 0.2) is 0 Å². The SMILES string of the molecule is COC(=O)[C@H](C)[C@@H]1C=C[C@H](O)[C@@H](COC(=O)c2ccccc2)O1. The Kier molecular flexibility index (Phi) is 5.90. The molecule has 0 bridgehead atoms. The van der Waals surface area contributed by atoms with Gasteiger partial charge in [-0.1, -0.05) is 30.4 Å². The molecule has 0 unspecified atom stereocenters. The number of carbonyl (C=O) groups excluding carboxylic acids is 2. The highest BCUT2D eigenvalue weighted by Gasteiger charge is 2.33. The second-order valence-electron chi connectivity index (χ2n) is 5.29. The van der Waals surface area contributed by atoms with Gasteiger partial charge in [-0.05, 0) is 19.1 Å². The molecule has 0 spiro atoms. The van der Waals surface area contributed by atoms with Crippen molar-refractivity contribution in [3.05, 3.63) is 48.0 Å². The van der Waals surface area contributed by atoms with Gasteiger partial charge in [-0.2, -0.15) is 0 Å². The number of hydrogen-bond acceptors (Lipinski definition) is 6. The normalized spacial score (nSPS) is 24.7. The van der Waals surface area contributed by atoms with Crippen molar-refractivity contribution in [1.82, 2.24) is 0 Å². The molecule has 0 fully saturated rings. The first-order valence-corrected chi connectivity index (χ1v) is 7.34. The predicted octanol–water partition coefficient (Wildman–Crippen LogP) is 1.34. The summed E-state index contributed by atoms with van der Waals surface area (Å²) in [6.07, 6.45) is 0.979. The molecule has 1 aromatic rings. The van der Waals surface area contributed by atoms with Crippen molar-refractivity contribution in [3.8, 4) is 0 Å². The van der Waals surface area contributed by atoms with Gasteiger partial charge in [-0.15, -0.1) is 0 Å². The number of carbonyl (C=O) groups is 2. The molecule has 1 aromatic carbocycles. The summed E-state index contributed by atoms with van der Waals surface area (Å²) in [6.45, 7) is 1.56. The number of esters is 2. The van der Waals surface area contributed by atoms with Gasteiger partial charge in [0.25, 0.3) is 0 Å². The maximum atomic E-state index is 11.9. The van der Waals surface area contributed by atoms with Crippen LogP contribution in [0.25, 0.3) is 0 Å². The fraction of sp³-hybridized carbons (Fsp3) is 0.412. The average molecular weight is 320 g/mol. The van der Waals surface area contributed by atoms with E-state index in [1.807, 2.05) is 0 Å². The van der Waals surface area contributed by atoms with Crippen LogP contribution in [0, 0.1) is 5.92 Å². The summed E-state index contributed by atoms with van der Waals surface area (Å²) in [5.41, 5.74) is 0.424. The fourth-order valence-corrected chi connectivity index (χ4v) is 2.23. The zero-order valence-corrected chi connectivity index (χ0v) is 13.0. The van der Waals surface area contributed by atoms with Crippen molar-refractivity contribution >= 4 is 11.9 Å². The van der Waals surface area contributed by atoms with Crippen LogP contribution in [-0.4, -0.2) is 49.1 Å².